The Morgan fingerprint density at radius 1 is 0.750 bits per heavy atom. The van der Waals surface area contributed by atoms with Crippen LogP contribution in [0.3, 0.4) is 0 Å². The summed E-state index contributed by atoms with van der Waals surface area (Å²) in [5.41, 5.74) is 7.97. The van der Waals surface area contributed by atoms with Gasteiger partial charge in [0.1, 0.15) is 0 Å². The second-order valence-corrected chi connectivity index (χ2v) is 9.40. The smallest absolute Gasteiger partial charge is 0.0221 e. The van der Waals surface area contributed by atoms with E-state index in [1.165, 1.54) is 33.4 Å². The summed E-state index contributed by atoms with van der Waals surface area (Å²) in [5, 5.41) is 0. The van der Waals surface area contributed by atoms with Gasteiger partial charge in [0.05, 0.1) is 0 Å². The topological polar surface area (TPSA) is 0 Å². The largest absolute Gasteiger partial charge is 0.0990 e. The molecule has 0 nitrogen and oxygen atoms in total. The fourth-order valence-corrected chi connectivity index (χ4v) is 4.03. The molecular weight excluding hydrogens is 404 g/mol. The third kappa shape index (κ3) is 7.28. The molecule has 3 unspecified atom stereocenters. The first-order valence-corrected chi connectivity index (χ1v) is 12.0. The summed E-state index contributed by atoms with van der Waals surface area (Å²) in [6, 6.07) is 27.5. The molecule has 3 aromatic carbocycles. The SMILES string of the molecule is C=C1C(C)C(C)C1c1ccc(C)cc1.CCC(=S)c1ccc(C)cc1.Cc1ccccc1. The Bertz CT molecular complexity index is 981. The molecule has 1 saturated carbocycles. The summed E-state index contributed by atoms with van der Waals surface area (Å²) in [5.74, 6) is 2.05. The lowest BCUT2D eigenvalue weighted by atomic mass is 9.60. The maximum Gasteiger partial charge on any atom is 0.0221 e. The molecule has 3 atom stereocenters. The Balaban J connectivity index is 0.000000180. The number of thiocarbonyl (C=S) groups is 1. The maximum atomic E-state index is 5.17. The van der Waals surface area contributed by atoms with E-state index in [9.17, 15) is 0 Å². The van der Waals surface area contributed by atoms with Crippen LogP contribution in [0.5, 0.6) is 0 Å². The molecule has 0 spiro atoms. The second kappa shape index (κ2) is 12.5. The van der Waals surface area contributed by atoms with Gasteiger partial charge in [-0.2, -0.15) is 0 Å². The van der Waals surface area contributed by atoms with Crippen molar-refractivity contribution in [1.82, 2.24) is 0 Å². The predicted octanol–water partition coefficient (Wildman–Crippen LogP) is 9.04. The number of hydrogen-bond acceptors (Lipinski definition) is 1. The van der Waals surface area contributed by atoms with Gasteiger partial charge >= 0.3 is 0 Å². The molecule has 0 N–H and O–H groups in total. The van der Waals surface area contributed by atoms with Gasteiger partial charge in [0.2, 0.25) is 0 Å². The highest BCUT2D eigenvalue weighted by Gasteiger charge is 2.38. The van der Waals surface area contributed by atoms with Crippen LogP contribution in [0.2, 0.25) is 0 Å². The van der Waals surface area contributed by atoms with E-state index in [4.69, 9.17) is 12.2 Å². The Morgan fingerprint density at radius 2 is 1.22 bits per heavy atom. The average molecular weight is 443 g/mol. The normalized spacial score (nSPS) is 18.9. The minimum Gasteiger partial charge on any atom is -0.0990 e. The molecule has 3 aromatic rings. The Hall–Kier alpha value is -2.51. The summed E-state index contributed by atoms with van der Waals surface area (Å²) in [4.78, 5) is 1.05. The Labute approximate surface area is 201 Å². The van der Waals surface area contributed by atoms with Crippen molar-refractivity contribution < 1.29 is 0 Å². The molecule has 0 aliphatic heterocycles. The zero-order chi connectivity index (χ0) is 23.7. The fraction of sp³-hybridized carbons (Fsp3) is 0.323. The molecule has 1 heteroatoms. The van der Waals surface area contributed by atoms with Gasteiger partial charge in [-0.15, -0.1) is 0 Å². The van der Waals surface area contributed by atoms with Crippen LogP contribution in [0.25, 0.3) is 0 Å². The lowest BCUT2D eigenvalue weighted by molar-refractivity contribution is 0.277. The first-order chi connectivity index (χ1) is 15.2. The molecule has 0 radical (unpaired) electrons. The lowest BCUT2D eigenvalue weighted by Gasteiger charge is -2.44. The van der Waals surface area contributed by atoms with Crippen molar-refractivity contribution in [2.75, 3.05) is 0 Å². The highest BCUT2D eigenvalue weighted by Crippen LogP contribution is 2.50. The molecule has 1 fully saturated rings. The van der Waals surface area contributed by atoms with E-state index in [-0.39, 0.29) is 0 Å². The standard InChI is InChI=1S/C14H18.C10H12S.C7H8/c1-9-5-7-13(8-6-9)14-11(3)10(2)12(14)4;1-3-10(11)9-6-4-8(2)5-7-9;1-7-5-3-2-4-6-7/h5-8,10,12,14H,3H2,1-2,4H3;4-7H,3H2,1-2H3;2-6H,1H3. The van der Waals surface area contributed by atoms with Crippen LogP contribution < -0.4 is 0 Å². The molecule has 1 aliphatic rings. The summed E-state index contributed by atoms with van der Waals surface area (Å²) < 4.78 is 0. The van der Waals surface area contributed by atoms with Gasteiger partial charge < -0.3 is 0 Å². The van der Waals surface area contributed by atoms with Crippen LogP contribution in [0, 0.1) is 32.6 Å². The van der Waals surface area contributed by atoms with Gasteiger partial charge in [0, 0.05) is 10.8 Å². The average Bonchev–Trinajstić information content (AvgIpc) is 2.81. The van der Waals surface area contributed by atoms with Crippen molar-refractivity contribution in [2.24, 2.45) is 11.8 Å². The van der Waals surface area contributed by atoms with Gasteiger partial charge in [-0.3, -0.25) is 0 Å². The van der Waals surface area contributed by atoms with E-state index in [1.54, 1.807) is 0 Å². The van der Waals surface area contributed by atoms with E-state index in [0.717, 1.165) is 17.2 Å². The first-order valence-electron chi connectivity index (χ1n) is 11.6. The van der Waals surface area contributed by atoms with Crippen LogP contribution in [0.1, 0.15) is 60.9 Å². The summed E-state index contributed by atoms with van der Waals surface area (Å²) in [7, 11) is 0. The second-order valence-electron chi connectivity index (χ2n) is 8.91. The molecule has 1 aliphatic carbocycles. The molecule has 168 valence electrons. The van der Waals surface area contributed by atoms with Gasteiger partial charge in [0.25, 0.3) is 0 Å². The number of rotatable bonds is 3. The molecule has 0 amide bonds. The monoisotopic (exact) mass is 442 g/mol. The molecule has 0 bridgehead atoms. The van der Waals surface area contributed by atoms with Crippen molar-refractivity contribution in [1.29, 1.82) is 0 Å². The fourth-order valence-electron chi connectivity index (χ4n) is 3.90. The van der Waals surface area contributed by atoms with Gasteiger partial charge in [-0.05, 0) is 50.2 Å². The molecule has 4 rings (SSSR count). The van der Waals surface area contributed by atoms with Crippen LogP contribution in [0.15, 0.2) is 91.0 Å². The number of allylic oxidation sites excluding steroid dienone is 1. The van der Waals surface area contributed by atoms with Crippen molar-refractivity contribution in [3.05, 3.63) is 119 Å². The molecule has 32 heavy (non-hydrogen) atoms. The lowest BCUT2D eigenvalue weighted by Crippen LogP contribution is -2.33. The summed E-state index contributed by atoms with van der Waals surface area (Å²) in [6.45, 7) is 17.2. The van der Waals surface area contributed by atoms with E-state index in [0.29, 0.717) is 11.8 Å². The Morgan fingerprint density at radius 3 is 1.62 bits per heavy atom. The minimum absolute atomic E-state index is 0.602. The van der Waals surface area contributed by atoms with Crippen LogP contribution >= 0.6 is 12.2 Å². The highest BCUT2D eigenvalue weighted by atomic mass is 32.1. The molecule has 0 heterocycles. The predicted molar refractivity (Wildman–Crippen MR) is 146 cm³/mol. The van der Waals surface area contributed by atoms with Crippen molar-refractivity contribution in [2.45, 2.75) is 53.9 Å². The molecule has 0 aromatic heterocycles. The summed E-state index contributed by atoms with van der Waals surface area (Å²) in [6.07, 6.45) is 0.957. The van der Waals surface area contributed by atoms with Gasteiger partial charge in [-0.1, -0.05) is 141 Å². The first kappa shape index (κ1) is 25.7. The number of hydrogen-bond donors (Lipinski definition) is 0. The van der Waals surface area contributed by atoms with E-state index >= 15 is 0 Å². The quantitative estimate of drug-likeness (QED) is 0.221. The number of aryl methyl sites for hydroxylation is 3. The van der Waals surface area contributed by atoms with Gasteiger partial charge in [-0.25, -0.2) is 0 Å². The van der Waals surface area contributed by atoms with E-state index in [2.05, 4.69) is 109 Å². The van der Waals surface area contributed by atoms with Gasteiger partial charge in [0.15, 0.2) is 0 Å². The van der Waals surface area contributed by atoms with E-state index in [1.807, 2.05) is 18.2 Å². The van der Waals surface area contributed by atoms with E-state index < -0.39 is 0 Å². The molecule has 0 saturated heterocycles. The van der Waals surface area contributed by atoms with Crippen molar-refractivity contribution in [3.63, 3.8) is 0 Å². The zero-order valence-corrected chi connectivity index (χ0v) is 21.4. The molecular formula is C31H38S. The summed E-state index contributed by atoms with van der Waals surface area (Å²) >= 11 is 5.17. The van der Waals surface area contributed by atoms with Crippen LogP contribution in [-0.4, -0.2) is 4.86 Å². The van der Waals surface area contributed by atoms with Crippen molar-refractivity contribution in [3.8, 4) is 0 Å². The third-order valence-electron chi connectivity index (χ3n) is 6.37. The van der Waals surface area contributed by atoms with Crippen molar-refractivity contribution >= 4 is 17.1 Å². The maximum absolute atomic E-state index is 5.17. The minimum atomic E-state index is 0.602. The van der Waals surface area contributed by atoms with Crippen LogP contribution in [-0.2, 0) is 0 Å². The highest BCUT2D eigenvalue weighted by molar-refractivity contribution is 7.80. The zero-order valence-electron chi connectivity index (χ0n) is 20.6. The third-order valence-corrected chi connectivity index (χ3v) is 6.89. The Kier molecular flexibility index (Phi) is 10.1. The van der Waals surface area contributed by atoms with Crippen LogP contribution in [0.4, 0.5) is 0 Å². The number of benzene rings is 3.